The van der Waals surface area contributed by atoms with Gasteiger partial charge < -0.3 is 20.2 Å². The third kappa shape index (κ3) is 7.60. The highest BCUT2D eigenvalue weighted by molar-refractivity contribution is 5.93. The van der Waals surface area contributed by atoms with Gasteiger partial charge in [-0.2, -0.15) is 4.57 Å². The van der Waals surface area contributed by atoms with Crippen LogP contribution >= 0.6 is 0 Å². The number of aromatic nitrogens is 1. The van der Waals surface area contributed by atoms with Gasteiger partial charge in [-0.25, -0.2) is 4.79 Å². The molecule has 0 spiro atoms. The molecule has 0 aliphatic heterocycles. The number of carbonyl (C=O) groups is 2. The summed E-state index contributed by atoms with van der Waals surface area (Å²) in [4.78, 5) is 37.3. The van der Waals surface area contributed by atoms with Gasteiger partial charge in [0, 0.05) is 18.7 Å². The van der Waals surface area contributed by atoms with Crippen LogP contribution in [-0.4, -0.2) is 36.3 Å². The van der Waals surface area contributed by atoms with Crippen LogP contribution in [0, 0.1) is 10.1 Å². The smallest absolute Gasteiger partial charge is 0.388 e. The molecule has 0 bridgehead atoms. The second-order valence-corrected chi connectivity index (χ2v) is 4.78. The van der Waals surface area contributed by atoms with Gasteiger partial charge in [0.15, 0.2) is 12.4 Å². The van der Waals surface area contributed by atoms with Crippen molar-refractivity contribution in [2.75, 3.05) is 13.2 Å². The molecule has 0 radical (unpaired) electrons. The van der Waals surface area contributed by atoms with Gasteiger partial charge in [0.2, 0.25) is 0 Å². The summed E-state index contributed by atoms with van der Waals surface area (Å²) in [5, 5.41) is 14.1. The number of hydrogen-bond acceptors (Lipinski definition) is 6. The molecule has 23 heavy (non-hydrogen) atoms. The first-order valence-electron chi connectivity index (χ1n) is 6.86. The minimum atomic E-state index is -0.928. The van der Waals surface area contributed by atoms with E-state index in [4.69, 9.17) is 4.74 Å². The second kappa shape index (κ2) is 9.18. The number of hydrogen-bond donors (Lipinski definition) is 2. The van der Waals surface area contributed by atoms with Gasteiger partial charge >= 0.3 is 6.09 Å². The molecule has 0 saturated carbocycles. The van der Waals surface area contributed by atoms with E-state index < -0.39 is 17.1 Å². The minimum Gasteiger partial charge on any atom is -0.388 e. The van der Waals surface area contributed by atoms with Crippen molar-refractivity contribution in [3.05, 3.63) is 40.2 Å². The van der Waals surface area contributed by atoms with E-state index >= 15 is 0 Å². The summed E-state index contributed by atoms with van der Waals surface area (Å²) < 4.78 is 6.50. The fraction of sp³-hybridized carbons (Fsp3) is 0.462. The van der Waals surface area contributed by atoms with Gasteiger partial charge in [-0.15, -0.1) is 10.1 Å². The number of alkyl carbamates (subject to hydrolysis) is 1. The van der Waals surface area contributed by atoms with Crippen molar-refractivity contribution < 1.29 is 28.8 Å². The maximum Gasteiger partial charge on any atom is 0.412 e. The third-order valence-electron chi connectivity index (χ3n) is 2.46. The minimum absolute atomic E-state index is 0.00199. The molecule has 10 nitrogen and oxygen atoms in total. The summed E-state index contributed by atoms with van der Waals surface area (Å²) in [6.07, 6.45) is 2.57. The second-order valence-electron chi connectivity index (χ2n) is 4.78. The number of pyridine rings is 1. The summed E-state index contributed by atoms with van der Waals surface area (Å²) in [5.74, 6) is -0.419. The Labute approximate surface area is 132 Å². The van der Waals surface area contributed by atoms with Crippen molar-refractivity contribution in [2.45, 2.75) is 26.6 Å². The number of rotatable bonds is 8. The average Bonchev–Trinajstić information content (AvgIpc) is 2.49. The lowest BCUT2D eigenvalue weighted by Crippen LogP contribution is -2.40. The highest BCUT2D eigenvalue weighted by Crippen LogP contribution is 1.94. The fourth-order valence-corrected chi connectivity index (χ4v) is 1.53. The van der Waals surface area contributed by atoms with Crippen molar-refractivity contribution in [2.24, 2.45) is 0 Å². The van der Waals surface area contributed by atoms with Crippen LogP contribution in [0.25, 0.3) is 0 Å². The molecule has 0 saturated heterocycles. The topological polar surface area (TPSA) is 124 Å². The monoisotopic (exact) mass is 327 g/mol. The summed E-state index contributed by atoms with van der Waals surface area (Å²) >= 11 is 0. The van der Waals surface area contributed by atoms with Crippen LogP contribution in [0.5, 0.6) is 0 Å². The molecular formula is C13H19N4O6+. The van der Waals surface area contributed by atoms with E-state index in [1.807, 2.05) is 13.8 Å². The summed E-state index contributed by atoms with van der Waals surface area (Å²) in [5.41, 5.74) is 0.321. The van der Waals surface area contributed by atoms with Crippen LogP contribution in [0.3, 0.4) is 0 Å². The number of nitrogens with zero attached hydrogens (tertiary/aromatic N) is 2. The molecule has 1 rings (SSSR count). The van der Waals surface area contributed by atoms with E-state index in [-0.39, 0.29) is 25.9 Å². The Balaban J connectivity index is 2.47. The molecule has 0 aliphatic carbocycles. The molecule has 126 valence electrons. The lowest BCUT2D eigenvalue weighted by Gasteiger charge is -2.07. The van der Waals surface area contributed by atoms with Crippen LogP contribution < -0.4 is 15.2 Å². The van der Waals surface area contributed by atoms with E-state index in [9.17, 15) is 19.7 Å². The number of nitrogens with one attached hydrogen (secondary N) is 2. The molecule has 1 heterocycles. The quantitative estimate of drug-likeness (QED) is 0.300. The average molecular weight is 327 g/mol. The first kappa shape index (κ1) is 18.1. The molecule has 0 aromatic carbocycles. The van der Waals surface area contributed by atoms with Crippen LogP contribution in [0.1, 0.15) is 24.2 Å². The first-order chi connectivity index (χ1) is 10.9. The van der Waals surface area contributed by atoms with E-state index in [2.05, 4.69) is 15.5 Å². The fourth-order valence-electron chi connectivity index (χ4n) is 1.53. The van der Waals surface area contributed by atoms with Crippen LogP contribution in [0.4, 0.5) is 4.79 Å². The molecule has 2 N–H and O–H groups in total. The molecule has 0 aliphatic rings. The Bertz CT molecular complexity index is 563. The highest BCUT2D eigenvalue weighted by atomic mass is 16.9. The maximum absolute atomic E-state index is 11.9. The van der Waals surface area contributed by atoms with E-state index in [0.717, 1.165) is 0 Å². The number of carbonyl (C=O) groups excluding carboxylic acids is 2. The van der Waals surface area contributed by atoms with Crippen LogP contribution in [0.2, 0.25) is 0 Å². The van der Waals surface area contributed by atoms with Crippen molar-refractivity contribution in [1.29, 1.82) is 0 Å². The largest absolute Gasteiger partial charge is 0.412 e. The van der Waals surface area contributed by atoms with Crippen molar-refractivity contribution >= 4 is 12.0 Å². The summed E-state index contributed by atoms with van der Waals surface area (Å²) in [6.45, 7) is 3.33. The van der Waals surface area contributed by atoms with Crippen molar-refractivity contribution in [3.63, 3.8) is 0 Å². The molecule has 1 aromatic rings. The van der Waals surface area contributed by atoms with Crippen molar-refractivity contribution in [1.82, 2.24) is 10.6 Å². The number of ether oxygens (including phenoxy) is 1. The zero-order valence-corrected chi connectivity index (χ0v) is 12.9. The highest BCUT2D eigenvalue weighted by Gasteiger charge is 2.12. The van der Waals surface area contributed by atoms with Gasteiger partial charge in [-0.1, -0.05) is 0 Å². The molecule has 10 heteroatoms. The molecule has 2 amide bonds. The summed E-state index contributed by atoms with van der Waals surface area (Å²) in [7, 11) is 0. The van der Waals surface area contributed by atoms with Gasteiger partial charge in [-0.3, -0.25) is 4.79 Å². The predicted molar refractivity (Wildman–Crippen MR) is 76.7 cm³/mol. The zero-order valence-electron chi connectivity index (χ0n) is 12.9. The normalized spacial score (nSPS) is 10.0. The van der Waals surface area contributed by atoms with E-state index in [1.165, 1.54) is 10.8 Å². The van der Waals surface area contributed by atoms with E-state index in [0.29, 0.717) is 5.56 Å². The van der Waals surface area contributed by atoms with Gasteiger partial charge in [0.1, 0.15) is 12.2 Å². The van der Waals surface area contributed by atoms with Crippen molar-refractivity contribution in [3.8, 4) is 0 Å². The Morgan fingerprint density at radius 2 is 2.17 bits per heavy atom. The van der Waals surface area contributed by atoms with E-state index in [1.54, 1.807) is 18.3 Å². The molecule has 0 fully saturated rings. The zero-order chi connectivity index (χ0) is 17.2. The number of amides is 2. The predicted octanol–water partition coefficient (Wildman–Crippen LogP) is 0.00430. The standard InChI is InChI=1S/C13H18N4O6/c1-10(2)15-13(19)22-9-16-6-3-4-11(8-16)12(18)14-5-7-23-17(20)21/h3-4,6,8,10H,5,7,9H2,1-2H3,(H-,14,15,18,19)/p+1. The van der Waals surface area contributed by atoms with Gasteiger partial charge in [-0.05, 0) is 19.9 Å². The van der Waals surface area contributed by atoms with Gasteiger partial charge in [0.25, 0.3) is 17.7 Å². The Morgan fingerprint density at radius 1 is 1.43 bits per heavy atom. The van der Waals surface area contributed by atoms with Crippen LogP contribution in [-0.2, 0) is 16.3 Å². The third-order valence-corrected chi connectivity index (χ3v) is 2.46. The summed E-state index contributed by atoms with van der Waals surface area (Å²) in [6, 6.07) is 3.14. The molecule has 1 aromatic heterocycles. The maximum atomic E-state index is 11.9. The SMILES string of the molecule is CC(C)NC(=O)OC[n+]1cccc(C(=O)NCCO[N+](=O)[O-])c1. The Hall–Kier alpha value is -2.91. The Morgan fingerprint density at radius 3 is 2.83 bits per heavy atom. The lowest BCUT2D eigenvalue weighted by atomic mass is 10.2. The van der Waals surface area contributed by atoms with Crippen LogP contribution in [0.15, 0.2) is 24.5 Å². The molecule has 0 atom stereocenters. The van der Waals surface area contributed by atoms with Gasteiger partial charge in [0.05, 0.1) is 0 Å². The molecule has 0 unspecified atom stereocenters. The lowest BCUT2D eigenvalue weighted by molar-refractivity contribution is -0.757. The molecular weight excluding hydrogens is 308 g/mol. The first-order valence-corrected chi connectivity index (χ1v) is 6.86. The Kier molecular flexibility index (Phi) is 7.24.